The van der Waals surface area contributed by atoms with Crippen LogP contribution in [-0.2, 0) is 11.3 Å². The number of carbonyl (C=O) groups excluding carboxylic acids is 1. The summed E-state index contributed by atoms with van der Waals surface area (Å²) in [4.78, 5) is 18.0. The van der Waals surface area contributed by atoms with Crippen molar-refractivity contribution >= 4 is 5.91 Å². The summed E-state index contributed by atoms with van der Waals surface area (Å²) in [6.45, 7) is 4.90. The maximum absolute atomic E-state index is 11.2. The summed E-state index contributed by atoms with van der Waals surface area (Å²) in [6.07, 6.45) is 5.08. The molecule has 5 nitrogen and oxygen atoms in total. The summed E-state index contributed by atoms with van der Waals surface area (Å²) in [5.74, 6) is 0.699. The first-order valence-electron chi connectivity index (χ1n) is 4.39. The van der Waals surface area contributed by atoms with Crippen molar-refractivity contribution in [2.45, 2.75) is 6.54 Å². The minimum absolute atomic E-state index is 0.0525. The molecular weight excluding hydrogens is 180 g/mol. The van der Waals surface area contributed by atoms with Crippen molar-refractivity contribution in [1.82, 2.24) is 20.6 Å². The predicted octanol–water partition coefficient (Wildman–Crippen LogP) is -0.199. The Morgan fingerprint density at radius 2 is 2.57 bits per heavy atom. The van der Waals surface area contributed by atoms with Crippen LogP contribution in [0, 0.1) is 0 Å². The smallest absolute Gasteiger partial charge is 0.234 e. The van der Waals surface area contributed by atoms with E-state index >= 15 is 0 Å². The van der Waals surface area contributed by atoms with E-state index in [9.17, 15) is 4.79 Å². The van der Waals surface area contributed by atoms with Crippen LogP contribution >= 0.6 is 0 Å². The molecule has 76 valence electrons. The van der Waals surface area contributed by atoms with E-state index in [1.807, 2.05) is 0 Å². The van der Waals surface area contributed by atoms with Crippen molar-refractivity contribution in [3.05, 3.63) is 30.9 Å². The van der Waals surface area contributed by atoms with Gasteiger partial charge in [-0.05, 0) is 0 Å². The van der Waals surface area contributed by atoms with Crippen LogP contribution in [0.1, 0.15) is 5.82 Å². The van der Waals surface area contributed by atoms with E-state index in [0.717, 1.165) is 5.82 Å². The lowest BCUT2D eigenvalue weighted by Gasteiger charge is -2.03. The van der Waals surface area contributed by atoms with Crippen LogP contribution in [0.4, 0.5) is 0 Å². The molecule has 0 aliphatic carbocycles. The molecule has 0 saturated heterocycles. The Morgan fingerprint density at radius 3 is 3.21 bits per heavy atom. The van der Waals surface area contributed by atoms with Gasteiger partial charge in [0.2, 0.25) is 5.91 Å². The Morgan fingerprint density at radius 1 is 1.71 bits per heavy atom. The number of carbonyl (C=O) groups is 1. The number of nitrogens with zero attached hydrogens (tertiary/aromatic N) is 1. The van der Waals surface area contributed by atoms with Crippen LogP contribution in [0.25, 0.3) is 0 Å². The van der Waals surface area contributed by atoms with Gasteiger partial charge in [-0.15, -0.1) is 6.58 Å². The summed E-state index contributed by atoms with van der Waals surface area (Å²) in [5, 5.41) is 5.62. The van der Waals surface area contributed by atoms with Crippen LogP contribution in [0.3, 0.4) is 0 Å². The minimum atomic E-state index is -0.0525. The van der Waals surface area contributed by atoms with Gasteiger partial charge < -0.3 is 15.6 Å². The molecule has 5 heteroatoms. The van der Waals surface area contributed by atoms with E-state index < -0.39 is 0 Å². The van der Waals surface area contributed by atoms with Gasteiger partial charge in [-0.1, -0.05) is 6.08 Å². The Bertz CT molecular complexity index is 281. The van der Waals surface area contributed by atoms with Crippen LogP contribution < -0.4 is 10.6 Å². The largest absolute Gasteiger partial charge is 0.348 e. The molecule has 1 heterocycles. The van der Waals surface area contributed by atoms with E-state index in [0.29, 0.717) is 19.6 Å². The number of hydrogen-bond acceptors (Lipinski definition) is 3. The molecule has 0 aliphatic heterocycles. The van der Waals surface area contributed by atoms with Crippen LogP contribution in [0.15, 0.2) is 25.0 Å². The number of H-pyrrole nitrogens is 1. The van der Waals surface area contributed by atoms with Gasteiger partial charge in [0.15, 0.2) is 0 Å². The quantitative estimate of drug-likeness (QED) is 0.434. The fraction of sp³-hybridized carbons (Fsp3) is 0.333. The molecule has 0 atom stereocenters. The molecule has 3 N–H and O–H groups in total. The lowest BCUT2D eigenvalue weighted by molar-refractivity contribution is -0.120. The zero-order valence-electron chi connectivity index (χ0n) is 7.92. The van der Waals surface area contributed by atoms with E-state index in [2.05, 4.69) is 27.2 Å². The third-order valence-electron chi connectivity index (χ3n) is 1.58. The van der Waals surface area contributed by atoms with E-state index in [-0.39, 0.29) is 5.91 Å². The highest BCUT2D eigenvalue weighted by Crippen LogP contribution is 1.85. The van der Waals surface area contributed by atoms with E-state index in [1.54, 1.807) is 18.5 Å². The number of hydrogen-bond donors (Lipinski definition) is 3. The summed E-state index contributed by atoms with van der Waals surface area (Å²) >= 11 is 0. The average Bonchev–Trinajstić information content (AvgIpc) is 2.68. The van der Waals surface area contributed by atoms with Crippen molar-refractivity contribution in [3.8, 4) is 0 Å². The second-order valence-electron chi connectivity index (χ2n) is 2.73. The molecule has 0 bridgehead atoms. The highest BCUT2D eigenvalue weighted by molar-refractivity contribution is 5.77. The van der Waals surface area contributed by atoms with Crippen LogP contribution in [0.5, 0.6) is 0 Å². The number of aromatic amines is 1. The van der Waals surface area contributed by atoms with Crippen LogP contribution in [-0.4, -0.2) is 29.0 Å². The first-order valence-corrected chi connectivity index (χ1v) is 4.39. The Balaban J connectivity index is 2.12. The molecule has 0 fully saturated rings. The lowest BCUT2D eigenvalue weighted by atomic mass is 10.5. The van der Waals surface area contributed by atoms with Crippen molar-refractivity contribution in [1.29, 1.82) is 0 Å². The maximum atomic E-state index is 11.2. The number of amides is 1. The van der Waals surface area contributed by atoms with E-state index in [4.69, 9.17) is 0 Å². The molecule has 0 spiro atoms. The molecule has 1 rings (SSSR count). The van der Waals surface area contributed by atoms with Crippen molar-refractivity contribution < 1.29 is 4.79 Å². The third-order valence-corrected chi connectivity index (χ3v) is 1.58. The summed E-state index contributed by atoms with van der Waals surface area (Å²) in [7, 11) is 0. The topological polar surface area (TPSA) is 69.8 Å². The van der Waals surface area contributed by atoms with Gasteiger partial charge in [-0.25, -0.2) is 4.98 Å². The normalized spacial score (nSPS) is 9.71. The number of imidazole rings is 1. The van der Waals surface area contributed by atoms with Crippen molar-refractivity contribution in [2.75, 3.05) is 13.1 Å². The molecule has 0 unspecified atom stereocenters. The number of nitrogens with one attached hydrogen (secondary N) is 3. The summed E-state index contributed by atoms with van der Waals surface area (Å²) in [6, 6.07) is 0. The Labute approximate surface area is 82.6 Å². The van der Waals surface area contributed by atoms with Gasteiger partial charge in [-0.2, -0.15) is 0 Å². The van der Waals surface area contributed by atoms with Crippen LogP contribution in [0.2, 0.25) is 0 Å². The molecule has 1 aromatic rings. The summed E-state index contributed by atoms with van der Waals surface area (Å²) in [5.41, 5.74) is 0. The molecule has 0 aliphatic rings. The standard InChI is InChI=1S/C9H14N4O/c1-2-3-10-7-9(14)13-6-8-11-4-5-12-8/h2,4-5,10H,1,3,6-7H2,(H,11,12)(H,13,14). The monoisotopic (exact) mass is 194 g/mol. The second-order valence-corrected chi connectivity index (χ2v) is 2.73. The Kier molecular flexibility index (Phi) is 4.43. The SMILES string of the molecule is C=CCNCC(=O)NCc1ncc[nH]1. The van der Waals surface area contributed by atoms with Crippen molar-refractivity contribution in [3.63, 3.8) is 0 Å². The highest BCUT2D eigenvalue weighted by Gasteiger charge is 2.00. The Hall–Kier alpha value is -1.62. The molecule has 0 aromatic carbocycles. The van der Waals surface area contributed by atoms with Gasteiger partial charge in [0, 0.05) is 18.9 Å². The fourth-order valence-electron chi connectivity index (χ4n) is 0.927. The molecule has 14 heavy (non-hydrogen) atoms. The molecule has 1 amide bonds. The zero-order valence-corrected chi connectivity index (χ0v) is 7.92. The number of rotatable bonds is 6. The molecular formula is C9H14N4O. The first kappa shape index (κ1) is 10.5. The van der Waals surface area contributed by atoms with Crippen molar-refractivity contribution in [2.24, 2.45) is 0 Å². The van der Waals surface area contributed by atoms with Gasteiger partial charge in [0.25, 0.3) is 0 Å². The second kappa shape index (κ2) is 5.93. The lowest BCUT2D eigenvalue weighted by Crippen LogP contribution is -2.33. The van der Waals surface area contributed by atoms with Gasteiger partial charge in [-0.3, -0.25) is 4.79 Å². The fourth-order valence-corrected chi connectivity index (χ4v) is 0.927. The summed E-state index contributed by atoms with van der Waals surface area (Å²) < 4.78 is 0. The number of aromatic nitrogens is 2. The van der Waals surface area contributed by atoms with Gasteiger partial charge in [0.1, 0.15) is 5.82 Å². The third kappa shape index (κ3) is 3.86. The van der Waals surface area contributed by atoms with E-state index in [1.165, 1.54) is 0 Å². The maximum Gasteiger partial charge on any atom is 0.234 e. The average molecular weight is 194 g/mol. The van der Waals surface area contributed by atoms with Gasteiger partial charge >= 0.3 is 0 Å². The zero-order chi connectivity index (χ0) is 10.2. The van der Waals surface area contributed by atoms with Gasteiger partial charge in [0.05, 0.1) is 13.1 Å². The molecule has 1 aromatic heterocycles. The highest BCUT2D eigenvalue weighted by atomic mass is 16.1. The minimum Gasteiger partial charge on any atom is -0.348 e. The predicted molar refractivity (Wildman–Crippen MR) is 53.5 cm³/mol. The molecule has 0 saturated carbocycles. The molecule has 0 radical (unpaired) electrons. The first-order chi connectivity index (χ1) is 6.83.